The van der Waals surface area contributed by atoms with Crippen LogP contribution in [0.25, 0.3) is 6.08 Å². The average Bonchev–Trinajstić information content (AvgIpc) is 3.08. The van der Waals surface area contributed by atoms with Crippen molar-refractivity contribution in [3.05, 3.63) is 31.9 Å². The van der Waals surface area contributed by atoms with Gasteiger partial charge in [-0.2, -0.15) is 5.26 Å². The van der Waals surface area contributed by atoms with Crippen LogP contribution in [-0.2, 0) is 20.9 Å². The zero-order valence-electron chi connectivity index (χ0n) is 20.0. The molecule has 8 nitrogen and oxygen atoms in total. The maximum absolute atomic E-state index is 13.2. The number of aromatic nitrogens is 1. The molecule has 0 N–H and O–H groups in total. The smallest absolute Gasteiger partial charge is 0.310 e. The number of carbonyl (C=O) groups is 2. The first-order valence-electron chi connectivity index (χ1n) is 11.6. The predicted octanol–water partition coefficient (Wildman–Crippen LogP) is 3.44. The van der Waals surface area contributed by atoms with Crippen molar-refractivity contribution >= 4 is 52.1 Å². The van der Waals surface area contributed by atoms with Gasteiger partial charge in [-0.1, -0.05) is 30.9 Å². The molecule has 10 heteroatoms. The quantitative estimate of drug-likeness (QED) is 0.318. The second kappa shape index (κ2) is 11.2. The van der Waals surface area contributed by atoms with Crippen LogP contribution in [0.4, 0.5) is 5.82 Å². The molecule has 182 valence electrons. The van der Waals surface area contributed by atoms with Gasteiger partial charge in [-0.3, -0.25) is 23.9 Å². The summed E-state index contributed by atoms with van der Waals surface area (Å²) < 4.78 is 7.32. The standard InChI is InChI=1S/C24H30N4O4S2/c1-5-10-28-22(30)19(34-24(28)33)12-17-15(4)18(13-25)21(29)27(6-2)20(17)26-11-8-9-16(14-26)23(31)32-7-3/h12,16H,5-11,14H2,1-4H3/b19-12+. The Bertz CT molecular complexity index is 1140. The van der Waals surface area contributed by atoms with Crippen molar-refractivity contribution < 1.29 is 14.3 Å². The Hall–Kier alpha value is -2.64. The minimum Gasteiger partial charge on any atom is -0.466 e. The monoisotopic (exact) mass is 502 g/mol. The van der Waals surface area contributed by atoms with E-state index in [-0.39, 0.29) is 28.9 Å². The van der Waals surface area contributed by atoms with Gasteiger partial charge in [0.15, 0.2) is 0 Å². The van der Waals surface area contributed by atoms with E-state index in [1.165, 1.54) is 11.8 Å². The number of nitriles is 1. The Morgan fingerprint density at radius 3 is 2.68 bits per heavy atom. The van der Waals surface area contributed by atoms with Crippen LogP contribution in [0.15, 0.2) is 9.70 Å². The third kappa shape index (κ3) is 4.91. The lowest BCUT2D eigenvalue weighted by Gasteiger charge is -2.36. The van der Waals surface area contributed by atoms with E-state index in [0.29, 0.717) is 65.4 Å². The van der Waals surface area contributed by atoms with E-state index in [1.54, 1.807) is 29.4 Å². The highest BCUT2D eigenvalue weighted by Gasteiger charge is 2.34. The summed E-state index contributed by atoms with van der Waals surface area (Å²) in [6, 6.07) is 2.04. The van der Waals surface area contributed by atoms with Crippen molar-refractivity contribution in [1.29, 1.82) is 5.26 Å². The molecule has 0 spiro atoms. The van der Waals surface area contributed by atoms with Crippen LogP contribution < -0.4 is 10.5 Å². The van der Waals surface area contributed by atoms with Crippen LogP contribution in [0.3, 0.4) is 0 Å². The van der Waals surface area contributed by atoms with E-state index in [1.807, 2.05) is 24.8 Å². The molecule has 0 radical (unpaired) electrons. The second-order valence-electron chi connectivity index (χ2n) is 8.27. The minimum atomic E-state index is -0.369. The zero-order valence-corrected chi connectivity index (χ0v) is 21.7. The van der Waals surface area contributed by atoms with Gasteiger partial charge in [0.05, 0.1) is 17.4 Å². The molecule has 2 aliphatic heterocycles. The summed E-state index contributed by atoms with van der Waals surface area (Å²) in [5.41, 5.74) is 0.844. The molecule has 0 aliphatic carbocycles. The average molecular weight is 503 g/mol. The highest BCUT2D eigenvalue weighted by Crippen LogP contribution is 2.37. The van der Waals surface area contributed by atoms with Crippen LogP contribution in [0.5, 0.6) is 0 Å². The number of anilines is 1. The predicted molar refractivity (Wildman–Crippen MR) is 138 cm³/mol. The summed E-state index contributed by atoms with van der Waals surface area (Å²) in [4.78, 5) is 42.7. The minimum absolute atomic E-state index is 0.0554. The first-order valence-corrected chi connectivity index (χ1v) is 12.9. The van der Waals surface area contributed by atoms with E-state index in [0.717, 1.165) is 12.8 Å². The van der Waals surface area contributed by atoms with Crippen LogP contribution in [0.2, 0.25) is 0 Å². The lowest BCUT2D eigenvalue weighted by Crippen LogP contribution is -2.43. The number of pyridine rings is 1. The number of amides is 1. The van der Waals surface area contributed by atoms with Crippen molar-refractivity contribution in [1.82, 2.24) is 9.47 Å². The number of hydrogen-bond donors (Lipinski definition) is 0. The van der Waals surface area contributed by atoms with Gasteiger partial charge in [-0.25, -0.2) is 0 Å². The number of hydrogen-bond acceptors (Lipinski definition) is 8. The Balaban J connectivity index is 2.17. The molecule has 0 bridgehead atoms. The molecule has 3 heterocycles. The molecule has 34 heavy (non-hydrogen) atoms. The highest BCUT2D eigenvalue weighted by molar-refractivity contribution is 8.26. The molecular weight excluding hydrogens is 472 g/mol. The molecule has 2 saturated heterocycles. The van der Waals surface area contributed by atoms with Crippen LogP contribution in [0.1, 0.15) is 56.7 Å². The number of ether oxygens (including phenoxy) is 1. The fraction of sp³-hybridized carbons (Fsp3) is 0.542. The number of piperidine rings is 1. The molecule has 0 saturated carbocycles. The van der Waals surface area contributed by atoms with E-state index < -0.39 is 0 Å². The summed E-state index contributed by atoms with van der Waals surface area (Å²) in [6.45, 7) is 9.60. The van der Waals surface area contributed by atoms with Crippen molar-refractivity contribution in [2.45, 2.75) is 53.5 Å². The SMILES string of the molecule is CCCN1C(=O)/C(=C\c2c(C)c(C#N)c(=O)n(CC)c2N2CCCC(C(=O)OCC)C2)SC1=S. The zero-order chi connectivity index (χ0) is 25.0. The molecule has 2 fully saturated rings. The number of esters is 1. The maximum Gasteiger partial charge on any atom is 0.310 e. The van der Waals surface area contributed by atoms with Gasteiger partial charge in [0, 0.05) is 31.7 Å². The van der Waals surface area contributed by atoms with Crippen molar-refractivity contribution in [2.75, 3.05) is 31.1 Å². The van der Waals surface area contributed by atoms with Crippen LogP contribution in [-0.4, -0.2) is 51.9 Å². The summed E-state index contributed by atoms with van der Waals surface area (Å²) in [5, 5.41) is 9.73. The fourth-order valence-corrected chi connectivity index (χ4v) is 5.74. The molecule has 1 unspecified atom stereocenters. The molecule has 1 aromatic heterocycles. The normalized spacial score (nSPS) is 19.6. The lowest BCUT2D eigenvalue weighted by atomic mass is 9.96. The van der Waals surface area contributed by atoms with Crippen molar-refractivity contribution in [3.63, 3.8) is 0 Å². The Labute approximate surface area is 209 Å². The van der Waals surface area contributed by atoms with Crippen LogP contribution >= 0.6 is 24.0 Å². The van der Waals surface area contributed by atoms with E-state index >= 15 is 0 Å². The molecular formula is C24H30N4O4S2. The molecule has 3 rings (SSSR count). The Morgan fingerprint density at radius 2 is 2.06 bits per heavy atom. The lowest BCUT2D eigenvalue weighted by molar-refractivity contribution is -0.148. The van der Waals surface area contributed by atoms with E-state index in [9.17, 15) is 19.6 Å². The fourth-order valence-electron chi connectivity index (χ4n) is 4.45. The first kappa shape index (κ1) is 26.0. The van der Waals surface area contributed by atoms with Crippen molar-refractivity contribution in [2.24, 2.45) is 5.92 Å². The Kier molecular flexibility index (Phi) is 8.55. The van der Waals surface area contributed by atoms with Gasteiger partial charge in [0.1, 0.15) is 21.8 Å². The largest absolute Gasteiger partial charge is 0.466 e. The summed E-state index contributed by atoms with van der Waals surface area (Å²) in [6.07, 6.45) is 4.01. The molecule has 1 amide bonds. The van der Waals surface area contributed by atoms with E-state index in [2.05, 4.69) is 0 Å². The van der Waals surface area contributed by atoms with Crippen molar-refractivity contribution in [3.8, 4) is 6.07 Å². The molecule has 2 aliphatic rings. The Morgan fingerprint density at radius 1 is 1.32 bits per heavy atom. The third-order valence-electron chi connectivity index (χ3n) is 6.10. The highest BCUT2D eigenvalue weighted by atomic mass is 32.2. The summed E-state index contributed by atoms with van der Waals surface area (Å²) in [5.74, 6) is -0.0950. The number of thioether (sulfide) groups is 1. The summed E-state index contributed by atoms with van der Waals surface area (Å²) in [7, 11) is 0. The molecule has 0 aromatic carbocycles. The number of rotatable bonds is 7. The third-order valence-corrected chi connectivity index (χ3v) is 7.48. The first-order chi connectivity index (χ1) is 16.3. The summed E-state index contributed by atoms with van der Waals surface area (Å²) >= 11 is 6.64. The van der Waals surface area contributed by atoms with Gasteiger partial charge in [-0.15, -0.1) is 0 Å². The number of thiocarbonyl (C=S) groups is 1. The topological polar surface area (TPSA) is 95.6 Å². The second-order valence-corrected chi connectivity index (χ2v) is 9.94. The van der Waals surface area contributed by atoms with Gasteiger partial charge in [0.25, 0.3) is 11.5 Å². The van der Waals surface area contributed by atoms with Crippen LogP contribution in [0, 0.1) is 24.2 Å². The maximum atomic E-state index is 13.2. The number of carbonyl (C=O) groups excluding carboxylic acids is 2. The van der Waals surface area contributed by atoms with E-state index in [4.69, 9.17) is 17.0 Å². The van der Waals surface area contributed by atoms with Gasteiger partial charge in [-0.05, 0) is 51.7 Å². The number of nitrogens with zero attached hydrogens (tertiary/aromatic N) is 4. The van der Waals surface area contributed by atoms with Gasteiger partial charge < -0.3 is 9.64 Å². The molecule has 1 atom stereocenters. The van der Waals surface area contributed by atoms with Gasteiger partial charge in [0.2, 0.25) is 0 Å². The van der Waals surface area contributed by atoms with Gasteiger partial charge >= 0.3 is 5.97 Å². The molecule has 1 aromatic rings.